The van der Waals surface area contributed by atoms with Gasteiger partial charge in [0.2, 0.25) is 0 Å². The highest BCUT2D eigenvalue weighted by atomic mass is 32.1. The molecule has 1 aromatic heterocycles. The predicted octanol–water partition coefficient (Wildman–Crippen LogP) is 3.38. The Kier molecular flexibility index (Phi) is 4.45. The van der Waals surface area contributed by atoms with Gasteiger partial charge in [0.15, 0.2) is 0 Å². The van der Waals surface area contributed by atoms with E-state index in [2.05, 4.69) is 23.7 Å². The lowest BCUT2D eigenvalue weighted by Gasteiger charge is -2.19. The second-order valence-electron chi connectivity index (χ2n) is 4.32. The maximum Gasteiger partial charge on any atom is 0.127 e. The Morgan fingerprint density at radius 3 is 2.47 bits per heavy atom. The number of methoxy groups -OCH3 is 2. The van der Waals surface area contributed by atoms with Gasteiger partial charge in [-0.25, -0.2) is 0 Å². The molecule has 19 heavy (non-hydrogen) atoms. The van der Waals surface area contributed by atoms with Gasteiger partial charge in [-0.15, -0.1) is 11.3 Å². The Labute approximate surface area is 118 Å². The Bertz CT molecular complexity index is 551. The van der Waals surface area contributed by atoms with Crippen LogP contribution in [-0.4, -0.2) is 21.3 Å². The molecule has 1 heterocycles. The zero-order chi connectivity index (χ0) is 13.8. The van der Waals surface area contributed by atoms with Crippen LogP contribution in [0.5, 0.6) is 11.5 Å². The van der Waals surface area contributed by atoms with Crippen molar-refractivity contribution in [2.24, 2.45) is 0 Å². The van der Waals surface area contributed by atoms with Gasteiger partial charge in [-0.05, 0) is 43.1 Å². The van der Waals surface area contributed by atoms with Crippen molar-refractivity contribution < 1.29 is 9.47 Å². The van der Waals surface area contributed by atoms with Crippen LogP contribution in [0.1, 0.15) is 22.0 Å². The fourth-order valence-electron chi connectivity index (χ4n) is 2.17. The Hall–Kier alpha value is -1.52. The van der Waals surface area contributed by atoms with Gasteiger partial charge in [0, 0.05) is 16.5 Å². The molecule has 1 aromatic carbocycles. The molecule has 0 saturated carbocycles. The van der Waals surface area contributed by atoms with E-state index in [1.807, 2.05) is 25.2 Å². The minimum atomic E-state index is 0.130. The van der Waals surface area contributed by atoms with Crippen LogP contribution < -0.4 is 14.8 Å². The molecular formula is C15H19NO2S. The summed E-state index contributed by atoms with van der Waals surface area (Å²) in [4.78, 5) is 1.31. The summed E-state index contributed by atoms with van der Waals surface area (Å²) in [5.41, 5.74) is 2.37. The van der Waals surface area contributed by atoms with Gasteiger partial charge in [-0.3, -0.25) is 0 Å². The summed E-state index contributed by atoms with van der Waals surface area (Å²) in [5.74, 6) is 1.64. The molecule has 0 aliphatic carbocycles. The van der Waals surface area contributed by atoms with Gasteiger partial charge >= 0.3 is 0 Å². The maximum atomic E-state index is 5.48. The molecule has 1 N–H and O–H groups in total. The summed E-state index contributed by atoms with van der Waals surface area (Å²) < 4.78 is 10.7. The molecule has 0 amide bonds. The van der Waals surface area contributed by atoms with Gasteiger partial charge in [0.05, 0.1) is 20.3 Å². The van der Waals surface area contributed by atoms with Crippen LogP contribution in [0.2, 0.25) is 0 Å². The van der Waals surface area contributed by atoms with Crippen molar-refractivity contribution in [2.75, 3.05) is 21.3 Å². The molecule has 0 saturated heterocycles. The third-order valence-electron chi connectivity index (χ3n) is 3.12. The monoisotopic (exact) mass is 277 g/mol. The first kappa shape index (κ1) is 13.9. The lowest BCUT2D eigenvalue weighted by atomic mass is 10.00. The number of benzene rings is 1. The standard InChI is InChI=1S/C15H19NO2S/c1-10-7-11(9-19-10)15(16-2)13-6-5-12(17-3)8-14(13)18-4/h5-9,15-16H,1-4H3. The number of thiophene rings is 1. The van der Waals surface area contributed by atoms with Crippen LogP contribution >= 0.6 is 11.3 Å². The molecule has 0 fully saturated rings. The first-order chi connectivity index (χ1) is 9.19. The van der Waals surface area contributed by atoms with E-state index in [0.29, 0.717) is 0 Å². The van der Waals surface area contributed by atoms with Crippen molar-refractivity contribution in [3.8, 4) is 11.5 Å². The molecule has 2 rings (SSSR count). The van der Waals surface area contributed by atoms with Gasteiger partial charge in [0.25, 0.3) is 0 Å². The molecule has 1 unspecified atom stereocenters. The predicted molar refractivity (Wildman–Crippen MR) is 79.5 cm³/mol. The summed E-state index contributed by atoms with van der Waals surface area (Å²) in [6.45, 7) is 2.12. The van der Waals surface area contributed by atoms with E-state index in [4.69, 9.17) is 9.47 Å². The van der Waals surface area contributed by atoms with Crippen molar-refractivity contribution in [1.82, 2.24) is 5.32 Å². The van der Waals surface area contributed by atoms with Gasteiger partial charge < -0.3 is 14.8 Å². The number of nitrogens with one attached hydrogen (secondary N) is 1. The molecule has 0 radical (unpaired) electrons. The summed E-state index contributed by atoms with van der Waals surface area (Å²) in [6.07, 6.45) is 0. The van der Waals surface area contributed by atoms with E-state index in [1.54, 1.807) is 25.6 Å². The Balaban J connectivity index is 2.43. The number of aryl methyl sites for hydroxylation is 1. The first-order valence-corrected chi connectivity index (χ1v) is 7.01. The fourth-order valence-corrected chi connectivity index (χ4v) is 2.90. The van der Waals surface area contributed by atoms with Crippen molar-refractivity contribution in [1.29, 1.82) is 0 Å². The molecule has 1 atom stereocenters. The van der Waals surface area contributed by atoms with Crippen molar-refractivity contribution in [2.45, 2.75) is 13.0 Å². The number of ether oxygens (including phenoxy) is 2. The van der Waals surface area contributed by atoms with Crippen LogP contribution in [-0.2, 0) is 0 Å². The van der Waals surface area contributed by atoms with E-state index in [9.17, 15) is 0 Å². The molecule has 4 heteroatoms. The quantitative estimate of drug-likeness (QED) is 0.909. The highest BCUT2D eigenvalue weighted by Crippen LogP contribution is 2.34. The second-order valence-corrected chi connectivity index (χ2v) is 5.44. The van der Waals surface area contributed by atoms with E-state index in [1.165, 1.54) is 10.4 Å². The van der Waals surface area contributed by atoms with Crippen molar-refractivity contribution >= 4 is 11.3 Å². The lowest BCUT2D eigenvalue weighted by molar-refractivity contribution is 0.388. The van der Waals surface area contributed by atoms with Crippen molar-refractivity contribution in [3.63, 3.8) is 0 Å². The van der Waals surface area contributed by atoms with Gasteiger partial charge in [-0.1, -0.05) is 0 Å². The molecule has 102 valence electrons. The van der Waals surface area contributed by atoms with Crippen LogP contribution in [0.25, 0.3) is 0 Å². The van der Waals surface area contributed by atoms with Crippen LogP contribution in [0.4, 0.5) is 0 Å². The van der Waals surface area contributed by atoms with Crippen LogP contribution in [0, 0.1) is 6.92 Å². The Morgan fingerprint density at radius 1 is 1.16 bits per heavy atom. The number of hydrogen-bond acceptors (Lipinski definition) is 4. The van der Waals surface area contributed by atoms with Gasteiger partial charge in [-0.2, -0.15) is 0 Å². The SMILES string of the molecule is CNC(c1csc(C)c1)c1ccc(OC)cc1OC. The van der Waals surface area contributed by atoms with E-state index in [-0.39, 0.29) is 6.04 Å². The Morgan fingerprint density at radius 2 is 1.95 bits per heavy atom. The largest absolute Gasteiger partial charge is 0.497 e. The molecular weight excluding hydrogens is 258 g/mol. The molecule has 3 nitrogen and oxygen atoms in total. The minimum Gasteiger partial charge on any atom is -0.497 e. The van der Waals surface area contributed by atoms with E-state index >= 15 is 0 Å². The zero-order valence-corrected chi connectivity index (χ0v) is 12.5. The first-order valence-electron chi connectivity index (χ1n) is 6.13. The normalized spacial score (nSPS) is 12.2. The summed E-state index contributed by atoms with van der Waals surface area (Å²) in [6, 6.07) is 8.26. The lowest BCUT2D eigenvalue weighted by Crippen LogP contribution is -2.17. The average molecular weight is 277 g/mol. The smallest absolute Gasteiger partial charge is 0.127 e. The van der Waals surface area contributed by atoms with E-state index < -0.39 is 0 Å². The molecule has 2 aromatic rings. The third-order valence-corrected chi connectivity index (χ3v) is 4.00. The molecule has 0 aliphatic heterocycles. The zero-order valence-electron chi connectivity index (χ0n) is 11.7. The van der Waals surface area contributed by atoms with E-state index in [0.717, 1.165) is 17.1 Å². The fraction of sp³-hybridized carbons (Fsp3) is 0.333. The summed E-state index contributed by atoms with van der Waals surface area (Å²) in [7, 11) is 5.30. The maximum absolute atomic E-state index is 5.48. The molecule has 0 spiro atoms. The summed E-state index contributed by atoms with van der Waals surface area (Å²) in [5, 5.41) is 5.53. The van der Waals surface area contributed by atoms with Crippen LogP contribution in [0.3, 0.4) is 0 Å². The highest BCUT2D eigenvalue weighted by Gasteiger charge is 2.18. The van der Waals surface area contributed by atoms with Crippen molar-refractivity contribution in [3.05, 3.63) is 45.6 Å². The highest BCUT2D eigenvalue weighted by molar-refractivity contribution is 7.10. The number of rotatable bonds is 5. The number of hydrogen-bond donors (Lipinski definition) is 1. The van der Waals surface area contributed by atoms with Crippen LogP contribution in [0.15, 0.2) is 29.6 Å². The topological polar surface area (TPSA) is 30.5 Å². The average Bonchev–Trinajstić information content (AvgIpc) is 2.86. The molecule has 0 bridgehead atoms. The van der Waals surface area contributed by atoms with Gasteiger partial charge in [0.1, 0.15) is 11.5 Å². The summed E-state index contributed by atoms with van der Waals surface area (Å²) >= 11 is 1.76. The minimum absolute atomic E-state index is 0.130. The molecule has 0 aliphatic rings. The second kappa shape index (κ2) is 6.08. The third kappa shape index (κ3) is 2.91.